The van der Waals surface area contributed by atoms with E-state index in [0.29, 0.717) is 18.8 Å². The summed E-state index contributed by atoms with van der Waals surface area (Å²) in [6.45, 7) is 0. The number of amides is 1. The molecule has 1 saturated heterocycles. The van der Waals surface area contributed by atoms with Gasteiger partial charge in [-0.2, -0.15) is 0 Å². The highest BCUT2D eigenvalue weighted by Gasteiger charge is 2.42. The average Bonchev–Trinajstić information content (AvgIpc) is 2.85. The lowest BCUT2D eigenvalue weighted by Crippen LogP contribution is -2.49. The fourth-order valence-electron chi connectivity index (χ4n) is 2.00. The van der Waals surface area contributed by atoms with Crippen molar-refractivity contribution in [3.05, 3.63) is 0 Å². The lowest BCUT2D eigenvalue weighted by atomic mass is 9.88. The largest absolute Gasteiger partial charge is 0.481 e. The van der Waals surface area contributed by atoms with Crippen LogP contribution >= 0.6 is 0 Å². The molecule has 72 valence electrons. The Kier molecular flexibility index (Phi) is 1.98. The molecule has 13 heavy (non-hydrogen) atoms. The van der Waals surface area contributed by atoms with Gasteiger partial charge in [0.1, 0.15) is 0 Å². The third-order valence-electron chi connectivity index (χ3n) is 2.89. The molecular formula is C9H13NO3. The van der Waals surface area contributed by atoms with Gasteiger partial charge >= 0.3 is 5.97 Å². The first kappa shape index (κ1) is 8.53. The van der Waals surface area contributed by atoms with Gasteiger partial charge in [0.15, 0.2) is 0 Å². The zero-order chi connectivity index (χ0) is 9.42. The first-order valence-electron chi connectivity index (χ1n) is 4.70. The fraction of sp³-hybridized carbons (Fsp3) is 0.778. The Morgan fingerprint density at radius 3 is 2.62 bits per heavy atom. The van der Waals surface area contributed by atoms with Gasteiger partial charge < -0.3 is 10.4 Å². The van der Waals surface area contributed by atoms with Crippen LogP contribution in [0.15, 0.2) is 0 Å². The van der Waals surface area contributed by atoms with Crippen LogP contribution in [0.25, 0.3) is 0 Å². The summed E-state index contributed by atoms with van der Waals surface area (Å²) in [4.78, 5) is 21.9. The Balaban J connectivity index is 2.07. The molecule has 1 aliphatic carbocycles. The molecule has 0 unspecified atom stereocenters. The molecular weight excluding hydrogens is 170 g/mol. The Hall–Kier alpha value is -1.06. The number of nitrogens with one attached hydrogen (secondary N) is 1. The molecule has 2 aliphatic rings. The van der Waals surface area contributed by atoms with Crippen molar-refractivity contribution < 1.29 is 14.7 Å². The van der Waals surface area contributed by atoms with Gasteiger partial charge in [-0.25, -0.2) is 0 Å². The molecule has 0 spiro atoms. The van der Waals surface area contributed by atoms with Crippen molar-refractivity contribution in [2.45, 2.75) is 31.7 Å². The summed E-state index contributed by atoms with van der Waals surface area (Å²) in [7, 11) is 0. The van der Waals surface area contributed by atoms with Crippen LogP contribution in [0.1, 0.15) is 25.7 Å². The monoisotopic (exact) mass is 183 g/mol. The summed E-state index contributed by atoms with van der Waals surface area (Å²) in [6.07, 6.45) is 2.99. The van der Waals surface area contributed by atoms with Gasteiger partial charge in [0.05, 0.1) is 5.92 Å². The van der Waals surface area contributed by atoms with Gasteiger partial charge in [0.2, 0.25) is 5.91 Å². The number of carboxylic acid groups (broad SMARTS) is 1. The number of carbonyl (C=O) groups is 2. The van der Waals surface area contributed by atoms with E-state index in [1.165, 1.54) is 0 Å². The molecule has 0 aromatic carbocycles. The summed E-state index contributed by atoms with van der Waals surface area (Å²) in [5.74, 6) is -0.693. The molecule has 1 saturated carbocycles. The highest BCUT2D eigenvalue weighted by Crippen LogP contribution is 2.38. The van der Waals surface area contributed by atoms with E-state index in [1.54, 1.807) is 0 Å². The number of carboxylic acids is 1. The number of aliphatic carboxylic acids is 1. The smallest absolute Gasteiger partial charge is 0.308 e. The van der Waals surface area contributed by atoms with Crippen molar-refractivity contribution in [3.63, 3.8) is 0 Å². The molecule has 1 heterocycles. The Labute approximate surface area is 76.3 Å². The summed E-state index contributed by atoms with van der Waals surface area (Å²) < 4.78 is 0. The topological polar surface area (TPSA) is 66.4 Å². The quantitative estimate of drug-likeness (QED) is 0.650. The second-order valence-electron chi connectivity index (χ2n) is 3.91. The maximum atomic E-state index is 11.1. The summed E-state index contributed by atoms with van der Waals surface area (Å²) in [5.41, 5.74) is 0. The van der Waals surface area contributed by atoms with Gasteiger partial charge in [-0.3, -0.25) is 9.59 Å². The Bertz CT molecular complexity index is 247. The minimum absolute atomic E-state index is 0.00870. The second kappa shape index (κ2) is 3.01. The standard InChI is InChI=1S/C9H13NO3/c11-7-4-3-6(9(12)13)8(10-7)5-1-2-5/h5-6,8H,1-4H2,(H,10,11)(H,12,13)/t6-,8+/m0/s1. The predicted molar refractivity (Wildman–Crippen MR) is 45.0 cm³/mol. The number of hydrogen-bond donors (Lipinski definition) is 2. The molecule has 1 aliphatic heterocycles. The second-order valence-corrected chi connectivity index (χ2v) is 3.91. The summed E-state index contributed by atoms with van der Waals surface area (Å²) >= 11 is 0. The van der Waals surface area contributed by atoms with E-state index in [1.807, 2.05) is 0 Å². The normalized spacial score (nSPS) is 34.0. The predicted octanol–water partition coefficient (Wildman–Crippen LogP) is 0.376. The molecule has 0 bridgehead atoms. The number of rotatable bonds is 2. The summed E-state index contributed by atoms with van der Waals surface area (Å²) in [6, 6.07) is -0.0984. The van der Waals surface area contributed by atoms with E-state index in [9.17, 15) is 9.59 Å². The van der Waals surface area contributed by atoms with E-state index in [0.717, 1.165) is 12.8 Å². The molecule has 0 aromatic heterocycles. The molecule has 1 amide bonds. The van der Waals surface area contributed by atoms with Crippen LogP contribution in [0.5, 0.6) is 0 Å². The third-order valence-corrected chi connectivity index (χ3v) is 2.89. The first-order chi connectivity index (χ1) is 6.18. The Morgan fingerprint density at radius 1 is 1.38 bits per heavy atom. The maximum Gasteiger partial charge on any atom is 0.308 e. The van der Waals surface area contributed by atoms with Gasteiger partial charge in [-0.15, -0.1) is 0 Å². The number of piperidine rings is 1. The van der Waals surface area contributed by atoms with Crippen molar-refractivity contribution >= 4 is 11.9 Å². The van der Waals surface area contributed by atoms with Crippen LogP contribution in [0.2, 0.25) is 0 Å². The molecule has 0 radical (unpaired) electrons. The van der Waals surface area contributed by atoms with Crippen molar-refractivity contribution in [2.24, 2.45) is 11.8 Å². The molecule has 2 fully saturated rings. The van der Waals surface area contributed by atoms with Crippen LogP contribution in [0, 0.1) is 11.8 Å². The summed E-state index contributed by atoms with van der Waals surface area (Å²) in [5, 5.41) is 11.7. The Morgan fingerprint density at radius 2 is 2.08 bits per heavy atom. The zero-order valence-corrected chi connectivity index (χ0v) is 7.32. The molecule has 2 atom stereocenters. The lowest BCUT2D eigenvalue weighted by Gasteiger charge is -2.29. The van der Waals surface area contributed by atoms with E-state index in [2.05, 4.69) is 5.32 Å². The minimum Gasteiger partial charge on any atom is -0.481 e. The van der Waals surface area contributed by atoms with Crippen LogP contribution in [0.4, 0.5) is 0 Å². The maximum absolute atomic E-state index is 11.1. The number of hydrogen-bond acceptors (Lipinski definition) is 2. The third kappa shape index (κ3) is 1.66. The van der Waals surface area contributed by atoms with Crippen molar-refractivity contribution in [1.29, 1.82) is 0 Å². The molecule has 2 N–H and O–H groups in total. The fourth-order valence-corrected chi connectivity index (χ4v) is 2.00. The SMILES string of the molecule is O=C1CC[C@H](C(=O)O)[C@@H](C2CC2)N1. The lowest BCUT2D eigenvalue weighted by molar-refractivity contribution is -0.145. The van der Waals surface area contributed by atoms with Gasteiger partial charge in [-0.1, -0.05) is 0 Å². The van der Waals surface area contributed by atoms with Crippen LogP contribution in [-0.2, 0) is 9.59 Å². The van der Waals surface area contributed by atoms with Gasteiger partial charge in [-0.05, 0) is 25.2 Å². The highest BCUT2D eigenvalue weighted by atomic mass is 16.4. The van der Waals surface area contributed by atoms with Gasteiger partial charge in [0.25, 0.3) is 0 Å². The van der Waals surface area contributed by atoms with E-state index in [4.69, 9.17) is 5.11 Å². The number of carbonyl (C=O) groups excluding carboxylic acids is 1. The van der Waals surface area contributed by atoms with Crippen LogP contribution in [-0.4, -0.2) is 23.0 Å². The molecule has 0 aromatic rings. The minimum atomic E-state index is -0.767. The van der Waals surface area contributed by atoms with Gasteiger partial charge in [0, 0.05) is 12.5 Å². The highest BCUT2D eigenvalue weighted by molar-refractivity contribution is 5.81. The average molecular weight is 183 g/mol. The molecule has 2 rings (SSSR count). The van der Waals surface area contributed by atoms with E-state index in [-0.39, 0.29) is 17.9 Å². The molecule has 4 nitrogen and oxygen atoms in total. The first-order valence-corrected chi connectivity index (χ1v) is 4.70. The van der Waals surface area contributed by atoms with Crippen LogP contribution in [0.3, 0.4) is 0 Å². The van der Waals surface area contributed by atoms with E-state index >= 15 is 0 Å². The zero-order valence-electron chi connectivity index (χ0n) is 7.32. The van der Waals surface area contributed by atoms with E-state index < -0.39 is 5.97 Å². The van der Waals surface area contributed by atoms with Crippen molar-refractivity contribution in [2.75, 3.05) is 0 Å². The van der Waals surface area contributed by atoms with Crippen molar-refractivity contribution in [1.82, 2.24) is 5.32 Å². The molecule has 4 heteroatoms. The van der Waals surface area contributed by atoms with Crippen LogP contribution < -0.4 is 5.32 Å². The van der Waals surface area contributed by atoms with Crippen molar-refractivity contribution in [3.8, 4) is 0 Å².